The molecule has 0 bridgehead atoms. The van der Waals surface area contributed by atoms with Crippen LogP contribution in [-0.4, -0.2) is 37.6 Å². The van der Waals surface area contributed by atoms with Crippen molar-refractivity contribution < 1.29 is 14.4 Å². The highest BCUT2D eigenvalue weighted by molar-refractivity contribution is 5.70. The van der Waals surface area contributed by atoms with Crippen LogP contribution < -0.4 is 5.11 Å². The Hall–Kier alpha value is -1.35. The van der Waals surface area contributed by atoms with Gasteiger partial charge in [-0.25, -0.2) is 0 Å². The Balaban J connectivity index is 2.18. The van der Waals surface area contributed by atoms with Gasteiger partial charge in [0, 0.05) is 5.92 Å². The predicted octanol–water partition coefficient (Wildman–Crippen LogP) is 7.32. The molecule has 1 aromatic carbocycles. The van der Waals surface area contributed by atoms with Gasteiger partial charge in [-0.1, -0.05) is 140 Å². The summed E-state index contributed by atoms with van der Waals surface area (Å²) >= 11 is 0. The van der Waals surface area contributed by atoms with Gasteiger partial charge in [-0.15, -0.1) is 0 Å². The van der Waals surface area contributed by atoms with Crippen LogP contribution in [0.5, 0.6) is 0 Å². The van der Waals surface area contributed by atoms with E-state index in [1.54, 1.807) is 0 Å². The van der Waals surface area contributed by atoms with Crippen LogP contribution in [0.3, 0.4) is 0 Å². The third kappa shape index (κ3) is 14.8. The summed E-state index contributed by atoms with van der Waals surface area (Å²) in [5, 5.41) is 12.0. The third-order valence-electron chi connectivity index (χ3n) is 7.29. The van der Waals surface area contributed by atoms with E-state index in [1.807, 2.05) is 39.3 Å². The van der Waals surface area contributed by atoms with Gasteiger partial charge in [0.25, 0.3) is 0 Å². The Labute approximate surface area is 211 Å². The summed E-state index contributed by atoms with van der Waals surface area (Å²) in [4.78, 5) is 12.0. The van der Waals surface area contributed by atoms with E-state index >= 15 is 0 Å². The predicted molar refractivity (Wildman–Crippen MR) is 145 cm³/mol. The highest BCUT2D eigenvalue weighted by Crippen LogP contribution is 2.25. The van der Waals surface area contributed by atoms with Gasteiger partial charge in [0.1, 0.15) is 6.04 Å². The molecule has 34 heavy (non-hydrogen) atoms. The van der Waals surface area contributed by atoms with Gasteiger partial charge in [0.05, 0.1) is 27.1 Å². The zero-order valence-corrected chi connectivity index (χ0v) is 23.0. The first kappa shape index (κ1) is 30.7. The Morgan fingerprint density at radius 2 is 1.12 bits per heavy atom. The van der Waals surface area contributed by atoms with Gasteiger partial charge in [-0.05, 0) is 18.4 Å². The zero-order chi connectivity index (χ0) is 25.1. The maximum absolute atomic E-state index is 12.0. The van der Waals surface area contributed by atoms with E-state index in [-0.39, 0.29) is 5.92 Å². The van der Waals surface area contributed by atoms with Crippen molar-refractivity contribution in [1.29, 1.82) is 0 Å². The largest absolute Gasteiger partial charge is 0.544 e. The number of hydrogen-bond acceptors (Lipinski definition) is 2. The summed E-state index contributed by atoms with van der Waals surface area (Å²) in [6.45, 7) is 2.28. The fourth-order valence-electron chi connectivity index (χ4n) is 5.38. The molecule has 3 nitrogen and oxygen atoms in total. The average molecular weight is 474 g/mol. The van der Waals surface area contributed by atoms with Crippen molar-refractivity contribution in [3.63, 3.8) is 0 Å². The highest BCUT2D eigenvalue weighted by atomic mass is 16.4. The fraction of sp³-hybridized carbons (Fsp3) is 0.774. The van der Waals surface area contributed by atoms with Crippen molar-refractivity contribution in [1.82, 2.24) is 0 Å². The summed E-state index contributed by atoms with van der Waals surface area (Å²) in [5.41, 5.74) is 1.23. The van der Waals surface area contributed by atoms with Crippen LogP contribution >= 0.6 is 0 Å². The second-order valence-electron chi connectivity index (χ2n) is 11.4. The second-order valence-corrected chi connectivity index (χ2v) is 11.4. The minimum atomic E-state index is -0.912. The molecule has 0 aliphatic carbocycles. The lowest BCUT2D eigenvalue weighted by molar-refractivity contribution is -0.893. The molecule has 0 aromatic heterocycles. The molecule has 0 fully saturated rings. The quantitative estimate of drug-likeness (QED) is 0.131. The topological polar surface area (TPSA) is 40.1 Å². The number of carboxylic acid groups (broad SMARTS) is 1. The monoisotopic (exact) mass is 473 g/mol. The van der Waals surface area contributed by atoms with Crippen LogP contribution in [0, 0.1) is 5.92 Å². The summed E-state index contributed by atoms with van der Waals surface area (Å²) in [5.74, 6) is -0.802. The highest BCUT2D eigenvalue weighted by Gasteiger charge is 2.33. The van der Waals surface area contributed by atoms with Crippen molar-refractivity contribution in [2.75, 3.05) is 21.1 Å². The number of carbonyl (C=O) groups is 1. The fourth-order valence-corrected chi connectivity index (χ4v) is 5.38. The summed E-state index contributed by atoms with van der Waals surface area (Å²) < 4.78 is 0.415. The Bertz CT molecular complexity index is 608. The lowest BCUT2D eigenvalue weighted by Crippen LogP contribution is -2.58. The number of quaternary nitrogens is 1. The Kier molecular flexibility index (Phi) is 17.1. The molecular formula is C31H55NO2. The molecule has 0 radical (unpaired) electrons. The molecule has 0 heterocycles. The lowest BCUT2D eigenvalue weighted by Gasteiger charge is -2.40. The molecule has 1 aromatic rings. The van der Waals surface area contributed by atoms with Gasteiger partial charge in [-0.3, -0.25) is 0 Å². The van der Waals surface area contributed by atoms with Gasteiger partial charge in [-0.2, -0.15) is 0 Å². The number of rotatable bonds is 22. The number of likely N-dealkylation sites (N-methyl/N-ethyl adjacent to an activating group) is 1. The number of hydrogen-bond donors (Lipinski definition) is 0. The van der Waals surface area contributed by atoms with Crippen LogP contribution in [0.1, 0.15) is 122 Å². The Morgan fingerprint density at radius 3 is 1.50 bits per heavy atom. The molecular weight excluding hydrogens is 418 g/mol. The normalized spacial score (nSPS) is 13.6. The van der Waals surface area contributed by atoms with Crippen molar-refractivity contribution in [3.8, 4) is 0 Å². The van der Waals surface area contributed by atoms with Crippen molar-refractivity contribution in [2.45, 2.75) is 129 Å². The molecule has 0 aliphatic rings. The Morgan fingerprint density at radius 1 is 0.706 bits per heavy atom. The minimum Gasteiger partial charge on any atom is -0.544 e. The number of benzene rings is 1. The molecule has 0 aliphatic heterocycles. The lowest BCUT2D eigenvalue weighted by atomic mass is 9.86. The average Bonchev–Trinajstić information content (AvgIpc) is 2.78. The van der Waals surface area contributed by atoms with Crippen molar-refractivity contribution >= 4 is 5.97 Å². The first-order valence-corrected chi connectivity index (χ1v) is 14.4. The van der Waals surface area contributed by atoms with E-state index in [1.165, 1.54) is 102 Å². The molecule has 0 N–H and O–H groups in total. The number of carboxylic acids is 1. The van der Waals surface area contributed by atoms with E-state index in [2.05, 4.69) is 19.1 Å². The van der Waals surface area contributed by atoms with Gasteiger partial charge >= 0.3 is 0 Å². The molecule has 2 unspecified atom stereocenters. The third-order valence-corrected chi connectivity index (χ3v) is 7.29. The van der Waals surface area contributed by atoms with E-state index in [9.17, 15) is 9.90 Å². The molecule has 196 valence electrons. The van der Waals surface area contributed by atoms with Crippen LogP contribution in [-0.2, 0) is 11.2 Å². The van der Waals surface area contributed by atoms with Gasteiger partial charge in [0.2, 0.25) is 0 Å². The van der Waals surface area contributed by atoms with E-state index < -0.39 is 12.0 Å². The van der Waals surface area contributed by atoms with Gasteiger partial charge < -0.3 is 14.4 Å². The SMILES string of the molecule is CCCCCCCCCCCCCCCCCCC(Cc1ccccc1)C(C(=O)[O-])[N+](C)(C)C. The second kappa shape index (κ2) is 18.9. The smallest absolute Gasteiger partial charge is 0.132 e. The molecule has 2 atom stereocenters. The van der Waals surface area contributed by atoms with Crippen LogP contribution in [0.4, 0.5) is 0 Å². The van der Waals surface area contributed by atoms with Crippen molar-refractivity contribution in [3.05, 3.63) is 35.9 Å². The number of carbonyl (C=O) groups excluding carboxylic acids is 1. The van der Waals surface area contributed by atoms with Gasteiger partial charge in [0.15, 0.2) is 0 Å². The molecule has 0 spiro atoms. The van der Waals surface area contributed by atoms with Crippen LogP contribution in [0.15, 0.2) is 30.3 Å². The first-order chi connectivity index (χ1) is 16.4. The number of nitrogens with zero attached hydrogens (tertiary/aromatic N) is 1. The summed E-state index contributed by atoms with van der Waals surface area (Å²) in [6.07, 6.45) is 23.5. The number of unbranched alkanes of at least 4 members (excludes halogenated alkanes) is 15. The molecule has 0 amide bonds. The van der Waals surface area contributed by atoms with Crippen molar-refractivity contribution in [2.24, 2.45) is 5.92 Å². The minimum absolute atomic E-state index is 0.110. The molecule has 1 rings (SSSR count). The number of aliphatic carboxylic acids is 1. The van der Waals surface area contributed by atoms with E-state index in [4.69, 9.17) is 0 Å². The summed E-state index contributed by atoms with van der Waals surface area (Å²) in [7, 11) is 5.93. The van der Waals surface area contributed by atoms with Crippen LogP contribution in [0.25, 0.3) is 0 Å². The zero-order valence-electron chi connectivity index (χ0n) is 23.0. The standard InChI is InChI=1S/C31H55NO2/c1-5-6-7-8-9-10-11-12-13-14-15-16-17-18-19-23-26-29(27-28-24-21-20-22-25-28)30(31(33)34)32(2,3)4/h20-22,24-25,29-30H,5-19,23,26-27H2,1-4H3. The maximum Gasteiger partial charge on any atom is 0.132 e. The van der Waals surface area contributed by atoms with E-state index in [0.717, 1.165) is 19.3 Å². The molecule has 3 heteroatoms. The summed E-state index contributed by atoms with van der Waals surface area (Å²) in [6, 6.07) is 9.86. The van der Waals surface area contributed by atoms with Crippen LogP contribution in [0.2, 0.25) is 0 Å². The maximum atomic E-state index is 12.0. The van der Waals surface area contributed by atoms with E-state index in [0.29, 0.717) is 4.48 Å². The molecule has 0 saturated heterocycles. The first-order valence-electron chi connectivity index (χ1n) is 14.4. The molecule has 0 saturated carbocycles.